The number of nitrogens with two attached hydrogens (primary N) is 1. The molecule has 0 aliphatic rings. The van der Waals surface area contributed by atoms with Gasteiger partial charge in [0.15, 0.2) is 5.78 Å². The molecule has 0 amide bonds. The van der Waals surface area contributed by atoms with Crippen molar-refractivity contribution < 1.29 is 14.7 Å². The van der Waals surface area contributed by atoms with Crippen molar-refractivity contribution in [3.05, 3.63) is 35.9 Å². The van der Waals surface area contributed by atoms with Gasteiger partial charge in [0, 0.05) is 6.42 Å². The van der Waals surface area contributed by atoms with E-state index in [1.165, 1.54) is 0 Å². The Balaban J connectivity index is 2.69. The molecule has 104 valence electrons. The van der Waals surface area contributed by atoms with E-state index in [0.717, 1.165) is 5.56 Å². The molecule has 1 rings (SSSR count). The summed E-state index contributed by atoms with van der Waals surface area (Å²) >= 11 is 0. The van der Waals surface area contributed by atoms with Crippen LogP contribution in [-0.4, -0.2) is 22.9 Å². The van der Waals surface area contributed by atoms with Gasteiger partial charge < -0.3 is 10.8 Å². The predicted molar refractivity (Wildman–Crippen MR) is 73.7 cm³/mol. The molecule has 4 heteroatoms. The zero-order valence-electron chi connectivity index (χ0n) is 11.4. The maximum Gasteiger partial charge on any atom is 0.307 e. The fourth-order valence-electron chi connectivity index (χ4n) is 1.90. The lowest BCUT2D eigenvalue weighted by Crippen LogP contribution is -2.37. The Hall–Kier alpha value is -1.68. The summed E-state index contributed by atoms with van der Waals surface area (Å²) in [5.74, 6) is -1.81. The van der Waals surface area contributed by atoms with E-state index in [-0.39, 0.29) is 18.1 Å². The number of carboxylic acids is 1. The van der Waals surface area contributed by atoms with Crippen LogP contribution in [0.5, 0.6) is 0 Å². The van der Waals surface area contributed by atoms with Gasteiger partial charge in [-0.05, 0) is 17.9 Å². The molecule has 0 aromatic heterocycles. The van der Waals surface area contributed by atoms with Crippen LogP contribution in [-0.2, 0) is 16.0 Å². The number of carbonyl (C=O) groups excluding carboxylic acids is 1. The minimum absolute atomic E-state index is 0.0103. The Morgan fingerprint density at radius 1 is 1.21 bits per heavy atom. The van der Waals surface area contributed by atoms with Crippen LogP contribution in [0.1, 0.15) is 25.8 Å². The fourth-order valence-corrected chi connectivity index (χ4v) is 1.90. The number of ketones is 1. The van der Waals surface area contributed by atoms with Crippen molar-refractivity contribution in [3.8, 4) is 0 Å². The van der Waals surface area contributed by atoms with Gasteiger partial charge in [-0.2, -0.15) is 0 Å². The summed E-state index contributed by atoms with van der Waals surface area (Å²) in [6.45, 7) is 3.71. The molecule has 1 aromatic rings. The van der Waals surface area contributed by atoms with Crippen LogP contribution in [0.3, 0.4) is 0 Å². The lowest BCUT2D eigenvalue weighted by Gasteiger charge is -2.17. The molecule has 0 bridgehead atoms. The number of rotatable bonds is 7. The standard InChI is InChI=1S/C15H21NO3/c1-10(2)14(16)13(17)9-12(15(18)19)8-11-6-4-3-5-7-11/h3-7,10,12,14H,8-9,16H2,1-2H3,(H,18,19)/t12-,14+/m1/s1. The van der Waals surface area contributed by atoms with Crippen LogP contribution in [0.25, 0.3) is 0 Å². The summed E-state index contributed by atoms with van der Waals surface area (Å²) in [6, 6.07) is 8.73. The number of aliphatic carboxylic acids is 1. The number of carbonyl (C=O) groups is 2. The summed E-state index contributed by atoms with van der Waals surface area (Å²) < 4.78 is 0. The molecule has 0 radical (unpaired) electrons. The van der Waals surface area contributed by atoms with Crippen LogP contribution >= 0.6 is 0 Å². The number of hydrogen-bond acceptors (Lipinski definition) is 3. The number of Topliss-reactive ketones (excluding diaryl/α,β-unsaturated/α-hetero) is 1. The maximum atomic E-state index is 11.9. The summed E-state index contributed by atoms with van der Waals surface area (Å²) in [6.07, 6.45) is 0.344. The van der Waals surface area contributed by atoms with Gasteiger partial charge in [0.25, 0.3) is 0 Å². The van der Waals surface area contributed by atoms with Gasteiger partial charge in [0.1, 0.15) is 0 Å². The zero-order valence-corrected chi connectivity index (χ0v) is 11.4. The zero-order chi connectivity index (χ0) is 14.4. The van der Waals surface area contributed by atoms with Crippen LogP contribution in [0, 0.1) is 11.8 Å². The molecule has 2 atom stereocenters. The van der Waals surface area contributed by atoms with Gasteiger partial charge in [-0.1, -0.05) is 44.2 Å². The van der Waals surface area contributed by atoms with Crippen molar-refractivity contribution in [2.45, 2.75) is 32.7 Å². The summed E-state index contributed by atoms with van der Waals surface area (Å²) in [5.41, 5.74) is 6.68. The van der Waals surface area contributed by atoms with Crippen molar-refractivity contribution >= 4 is 11.8 Å². The first kappa shape index (κ1) is 15.4. The molecule has 0 aliphatic heterocycles. The van der Waals surface area contributed by atoms with Crippen LogP contribution in [0.4, 0.5) is 0 Å². The fraction of sp³-hybridized carbons (Fsp3) is 0.467. The highest BCUT2D eigenvalue weighted by Gasteiger charge is 2.26. The summed E-state index contributed by atoms with van der Waals surface area (Å²) in [7, 11) is 0. The molecule has 0 aliphatic carbocycles. The van der Waals surface area contributed by atoms with Gasteiger partial charge in [-0.15, -0.1) is 0 Å². The topological polar surface area (TPSA) is 80.4 Å². The van der Waals surface area contributed by atoms with Gasteiger partial charge in [0.2, 0.25) is 0 Å². The molecule has 0 spiro atoms. The number of benzene rings is 1. The first-order chi connectivity index (χ1) is 8.91. The Bertz CT molecular complexity index is 428. The van der Waals surface area contributed by atoms with Crippen molar-refractivity contribution in [2.75, 3.05) is 0 Å². The molecule has 3 N–H and O–H groups in total. The minimum Gasteiger partial charge on any atom is -0.481 e. The van der Waals surface area contributed by atoms with E-state index in [1.54, 1.807) is 0 Å². The third-order valence-electron chi connectivity index (χ3n) is 3.21. The van der Waals surface area contributed by atoms with Crippen LogP contribution in [0.2, 0.25) is 0 Å². The van der Waals surface area contributed by atoms with E-state index in [1.807, 2.05) is 44.2 Å². The lowest BCUT2D eigenvalue weighted by molar-refractivity contribution is -0.144. The van der Waals surface area contributed by atoms with Crippen molar-refractivity contribution in [2.24, 2.45) is 17.6 Å². The predicted octanol–water partition coefficient (Wildman–Crippen LogP) is 1.87. The normalized spacial score (nSPS) is 14.1. The molecule has 0 saturated heterocycles. The highest BCUT2D eigenvalue weighted by atomic mass is 16.4. The molecule has 0 fully saturated rings. The van der Waals surface area contributed by atoms with E-state index in [4.69, 9.17) is 5.73 Å². The highest BCUT2D eigenvalue weighted by molar-refractivity contribution is 5.87. The smallest absolute Gasteiger partial charge is 0.307 e. The SMILES string of the molecule is CC(C)[C@H](N)C(=O)C[C@@H](Cc1ccccc1)C(=O)O. The van der Waals surface area contributed by atoms with Crippen molar-refractivity contribution in [1.82, 2.24) is 0 Å². The second kappa shape index (κ2) is 7.04. The first-order valence-corrected chi connectivity index (χ1v) is 6.46. The van der Waals surface area contributed by atoms with E-state index in [2.05, 4.69) is 0 Å². The second-order valence-electron chi connectivity index (χ2n) is 5.17. The number of carboxylic acid groups (broad SMARTS) is 1. The Labute approximate surface area is 113 Å². The quantitative estimate of drug-likeness (QED) is 0.787. The average Bonchev–Trinajstić information content (AvgIpc) is 2.37. The van der Waals surface area contributed by atoms with Gasteiger partial charge in [-0.3, -0.25) is 9.59 Å². The molecule has 0 unspecified atom stereocenters. The first-order valence-electron chi connectivity index (χ1n) is 6.46. The molecule has 1 aromatic carbocycles. The summed E-state index contributed by atoms with van der Waals surface area (Å²) in [5, 5.41) is 9.21. The Morgan fingerprint density at radius 3 is 2.26 bits per heavy atom. The van der Waals surface area contributed by atoms with Crippen LogP contribution in [0.15, 0.2) is 30.3 Å². The van der Waals surface area contributed by atoms with E-state index in [9.17, 15) is 14.7 Å². The monoisotopic (exact) mass is 263 g/mol. The number of hydrogen-bond donors (Lipinski definition) is 2. The molecule has 4 nitrogen and oxygen atoms in total. The average molecular weight is 263 g/mol. The van der Waals surface area contributed by atoms with E-state index in [0.29, 0.717) is 6.42 Å². The van der Waals surface area contributed by atoms with Gasteiger partial charge in [0.05, 0.1) is 12.0 Å². The second-order valence-corrected chi connectivity index (χ2v) is 5.17. The molecule has 19 heavy (non-hydrogen) atoms. The van der Waals surface area contributed by atoms with Crippen molar-refractivity contribution in [3.63, 3.8) is 0 Å². The molecule has 0 heterocycles. The third kappa shape index (κ3) is 4.83. The Morgan fingerprint density at radius 2 is 1.79 bits per heavy atom. The third-order valence-corrected chi connectivity index (χ3v) is 3.21. The lowest BCUT2D eigenvalue weighted by atomic mass is 9.89. The largest absolute Gasteiger partial charge is 0.481 e. The van der Waals surface area contributed by atoms with Crippen LogP contribution < -0.4 is 5.73 Å². The Kier molecular flexibility index (Phi) is 5.70. The highest BCUT2D eigenvalue weighted by Crippen LogP contribution is 2.15. The minimum atomic E-state index is -0.951. The van der Waals surface area contributed by atoms with Crippen molar-refractivity contribution in [1.29, 1.82) is 0 Å². The van der Waals surface area contributed by atoms with Gasteiger partial charge >= 0.3 is 5.97 Å². The van der Waals surface area contributed by atoms with E-state index < -0.39 is 17.9 Å². The molecular weight excluding hydrogens is 242 g/mol. The summed E-state index contributed by atoms with van der Waals surface area (Å²) in [4.78, 5) is 23.1. The molecular formula is C15H21NO3. The molecule has 0 saturated carbocycles. The maximum absolute atomic E-state index is 11.9. The van der Waals surface area contributed by atoms with E-state index >= 15 is 0 Å². The van der Waals surface area contributed by atoms with Gasteiger partial charge in [-0.25, -0.2) is 0 Å².